The molecule has 1 aliphatic rings. The predicted octanol–water partition coefficient (Wildman–Crippen LogP) is 3.27. The predicted molar refractivity (Wildman–Crippen MR) is 119 cm³/mol. The van der Waals surface area contributed by atoms with Crippen LogP contribution in [0.15, 0.2) is 22.8 Å². The van der Waals surface area contributed by atoms with E-state index in [1.165, 1.54) is 11.3 Å². The van der Waals surface area contributed by atoms with Crippen LogP contribution >= 0.6 is 27.3 Å². The number of anilines is 1. The van der Waals surface area contributed by atoms with Gasteiger partial charge in [0.25, 0.3) is 5.91 Å². The largest absolute Gasteiger partial charge is 0.480 e. The Morgan fingerprint density at radius 1 is 1.20 bits per heavy atom. The standard InChI is InChI=1S/C20H22BrN5O3S/c1-12-16-18(29-3)23-14(11-28-2)24-19(16)30-17(12)20(27)26-8-6-25(7-9-26)15-5-4-13(21)10-22-15/h4-5,10H,6-9,11H2,1-3H3. The molecule has 10 heteroatoms. The van der Waals surface area contributed by atoms with Crippen molar-refractivity contribution in [2.24, 2.45) is 0 Å². The molecule has 0 spiro atoms. The molecule has 0 aromatic carbocycles. The summed E-state index contributed by atoms with van der Waals surface area (Å²) < 4.78 is 11.6. The summed E-state index contributed by atoms with van der Waals surface area (Å²) in [5.74, 6) is 1.96. The summed E-state index contributed by atoms with van der Waals surface area (Å²) in [4.78, 5) is 32.2. The van der Waals surface area contributed by atoms with Gasteiger partial charge in [0.1, 0.15) is 17.3 Å². The minimum Gasteiger partial charge on any atom is -0.480 e. The zero-order chi connectivity index (χ0) is 21.3. The van der Waals surface area contributed by atoms with Gasteiger partial charge >= 0.3 is 0 Å². The molecule has 0 atom stereocenters. The van der Waals surface area contributed by atoms with Crippen molar-refractivity contribution in [3.8, 4) is 5.88 Å². The van der Waals surface area contributed by atoms with Crippen molar-refractivity contribution in [3.63, 3.8) is 0 Å². The number of amides is 1. The zero-order valence-electron chi connectivity index (χ0n) is 17.0. The normalized spacial score (nSPS) is 14.4. The molecule has 4 heterocycles. The summed E-state index contributed by atoms with van der Waals surface area (Å²) in [6, 6.07) is 3.97. The van der Waals surface area contributed by atoms with Crippen LogP contribution in [0.3, 0.4) is 0 Å². The van der Waals surface area contributed by atoms with E-state index in [1.807, 2.05) is 24.0 Å². The summed E-state index contributed by atoms with van der Waals surface area (Å²) in [7, 11) is 3.17. The van der Waals surface area contributed by atoms with Gasteiger partial charge in [-0.05, 0) is 40.5 Å². The maximum Gasteiger partial charge on any atom is 0.264 e. The van der Waals surface area contributed by atoms with Gasteiger partial charge in [0.15, 0.2) is 5.82 Å². The van der Waals surface area contributed by atoms with E-state index in [2.05, 4.69) is 35.8 Å². The molecule has 0 saturated carbocycles. The van der Waals surface area contributed by atoms with Crippen LogP contribution < -0.4 is 9.64 Å². The molecular weight excluding hydrogens is 470 g/mol. The average Bonchev–Trinajstić information content (AvgIpc) is 3.10. The van der Waals surface area contributed by atoms with E-state index < -0.39 is 0 Å². The first-order valence-electron chi connectivity index (χ1n) is 9.50. The quantitative estimate of drug-likeness (QED) is 0.541. The molecular formula is C20H22BrN5O3S. The summed E-state index contributed by atoms with van der Waals surface area (Å²) in [6.45, 7) is 4.98. The van der Waals surface area contributed by atoms with Gasteiger partial charge in [0, 0.05) is 44.0 Å². The highest BCUT2D eigenvalue weighted by Gasteiger charge is 2.27. The van der Waals surface area contributed by atoms with Crippen LogP contribution in [0.1, 0.15) is 21.1 Å². The molecule has 8 nitrogen and oxygen atoms in total. The van der Waals surface area contributed by atoms with Crippen molar-refractivity contribution in [1.29, 1.82) is 0 Å². The number of nitrogens with zero attached hydrogens (tertiary/aromatic N) is 5. The Morgan fingerprint density at radius 3 is 2.60 bits per heavy atom. The number of ether oxygens (including phenoxy) is 2. The smallest absolute Gasteiger partial charge is 0.264 e. The number of rotatable bonds is 5. The molecule has 1 saturated heterocycles. The van der Waals surface area contributed by atoms with Crippen LogP contribution in [0.25, 0.3) is 10.2 Å². The van der Waals surface area contributed by atoms with Crippen molar-refractivity contribution in [2.45, 2.75) is 13.5 Å². The maximum atomic E-state index is 13.3. The lowest BCUT2D eigenvalue weighted by molar-refractivity contribution is 0.0751. The lowest BCUT2D eigenvalue weighted by Gasteiger charge is -2.35. The Kier molecular flexibility index (Phi) is 6.16. The van der Waals surface area contributed by atoms with Crippen molar-refractivity contribution in [3.05, 3.63) is 39.1 Å². The lowest BCUT2D eigenvalue weighted by Crippen LogP contribution is -2.49. The first kappa shape index (κ1) is 21.0. The van der Waals surface area contributed by atoms with E-state index in [-0.39, 0.29) is 5.91 Å². The molecule has 3 aromatic heterocycles. The van der Waals surface area contributed by atoms with Crippen LogP contribution in [-0.4, -0.2) is 66.2 Å². The number of halogens is 1. The lowest BCUT2D eigenvalue weighted by atomic mass is 10.2. The van der Waals surface area contributed by atoms with Crippen LogP contribution in [0.4, 0.5) is 5.82 Å². The number of aryl methyl sites for hydroxylation is 1. The van der Waals surface area contributed by atoms with E-state index in [0.717, 1.165) is 39.2 Å². The van der Waals surface area contributed by atoms with Gasteiger partial charge in [-0.2, -0.15) is 4.98 Å². The molecule has 158 valence electrons. The number of carbonyl (C=O) groups excluding carboxylic acids is 1. The molecule has 0 radical (unpaired) electrons. The van der Waals surface area contributed by atoms with E-state index in [9.17, 15) is 4.79 Å². The van der Waals surface area contributed by atoms with Crippen molar-refractivity contribution >= 4 is 49.2 Å². The third-order valence-corrected chi connectivity index (χ3v) is 6.71. The van der Waals surface area contributed by atoms with Gasteiger partial charge < -0.3 is 19.3 Å². The third kappa shape index (κ3) is 3.99. The topological polar surface area (TPSA) is 80.7 Å². The number of carbonyl (C=O) groups is 1. The number of piperazine rings is 1. The Balaban J connectivity index is 1.55. The van der Waals surface area contributed by atoms with Crippen molar-refractivity contribution in [1.82, 2.24) is 19.9 Å². The molecule has 1 amide bonds. The minimum atomic E-state index is 0.0225. The molecule has 0 aliphatic carbocycles. The number of pyridine rings is 1. The van der Waals surface area contributed by atoms with E-state index in [4.69, 9.17) is 9.47 Å². The number of thiophene rings is 1. The van der Waals surface area contributed by atoms with Crippen LogP contribution in [0.2, 0.25) is 0 Å². The molecule has 1 fully saturated rings. The van der Waals surface area contributed by atoms with Gasteiger partial charge in [-0.15, -0.1) is 11.3 Å². The second-order valence-electron chi connectivity index (χ2n) is 6.93. The van der Waals surface area contributed by atoms with Crippen LogP contribution in [-0.2, 0) is 11.3 Å². The van der Waals surface area contributed by atoms with Gasteiger partial charge in [-0.3, -0.25) is 4.79 Å². The SMILES string of the molecule is COCc1nc(OC)c2c(C)c(C(=O)N3CCN(c4ccc(Br)cn4)CC3)sc2n1. The molecule has 0 N–H and O–H groups in total. The number of hydrogen-bond acceptors (Lipinski definition) is 8. The number of fused-ring (bicyclic) bond motifs is 1. The van der Waals surface area contributed by atoms with E-state index >= 15 is 0 Å². The van der Waals surface area contributed by atoms with Gasteiger partial charge in [0.2, 0.25) is 5.88 Å². The first-order chi connectivity index (χ1) is 14.5. The molecule has 0 unspecified atom stereocenters. The summed E-state index contributed by atoms with van der Waals surface area (Å²) >= 11 is 4.80. The van der Waals surface area contributed by atoms with E-state index in [1.54, 1.807) is 20.4 Å². The molecule has 0 bridgehead atoms. The molecule has 4 rings (SSSR count). The number of aromatic nitrogens is 3. The van der Waals surface area contributed by atoms with Gasteiger partial charge in [-0.25, -0.2) is 9.97 Å². The summed E-state index contributed by atoms with van der Waals surface area (Å²) in [5.41, 5.74) is 0.859. The van der Waals surface area contributed by atoms with Gasteiger partial charge in [0.05, 0.1) is 17.4 Å². The van der Waals surface area contributed by atoms with Crippen LogP contribution in [0, 0.1) is 6.92 Å². The Bertz CT molecular complexity index is 1060. The maximum absolute atomic E-state index is 13.3. The molecule has 1 aliphatic heterocycles. The summed E-state index contributed by atoms with van der Waals surface area (Å²) in [5, 5.41) is 0.795. The Morgan fingerprint density at radius 2 is 1.97 bits per heavy atom. The van der Waals surface area contributed by atoms with E-state index in [0.29, 0.717) is 36.3 Å². The van der Waals surface area contributed by atoms with Crippen molar-refractivity contribution < 1.29 is 14.3 Å². The highest BCUT2D eigenvalue weighted by Crippen LogP contribution is 2.36. The number of methoxy groups -OCH3 is 2. The second kappa shape index (κ2) is 8.83. The zero-order valence-corrected chi connectivity index (χ0v) is 19.4. The third-order valence-electron chi connectivity index (χ3n) is 5.07. The number of hydrogen-bond donors (Lipinski definition) is 0. The van der Waals surface area contributed by atoms with Crippen molar-refractivity contribution in [2.75, 3.05) is 45.3 Å². The Hall–Kier alpha value is -2.30. The highest BCUT2D eigenvalue weighted by molar-refractivity contribution is 9.10. The van der Waals surface area contributed by atoms with Gasteiger partial charge in [-0.1, -0.05) is 0 Å². The summed E-state index contributed by atoms with van der Waals surface area (Å²) in [6.07, 6.45) is 1.79. The first-order valence-corrected chi connectivity index (χ1v) is 11.1. The molecule has 3 aromatic rings. The fourth-order valence-electron chi connectivity index (χ4n) is 3.53. The highest BCUT2D eigenvalue weighted by atomic mass is 79.9. The van der Waals surface area contributed by atoms with Crippen LogP contribution in [0.5, 0.6) is 5.88 Å². The minimum absolute atomic E-state index is 0.0225. The second-order valence-corrected chi connectivity index (χ2v) is 8.85. The fraction of sp³-hybridized carbons (Fsp3) is 0.400. The average molecular weight is 492 g/mol. The molecule has 30 heavy (non-hydrogen) atoms. The monoisotopic (exact) mass is 491 g/mol. The Labute approximate surface area is 187 Å². The fourth-order valence-corrected chi connectivity index (χ4v) is 4.92.